The average molecular weight is 444 g/mol. The van der Waals surface area contributed by atoms with Crippen LogP contribution in [0.2, 0.25) is 0 Å². The fourth-order valence-electron chi connectivity index (χ4n) is 3.72. The van der Waals surface area contributed by atoms with E-state index in [0.29, 0.717) is 11.4 Å². The zero-order chi connectivity index (χ0) is 18.5. The number of hydrogen-bond acceptors (Lipinski definition) is 3. The van der Waals surface area contributed by atoms with Crippen LogP contribution >= 0.6 is 0 Å². The predicted molar refractivity (Wildman–Crippen MR) is 113 cm³/mol. The van der Waals surface area contributed by atoms with E-state index in [1.54, 1.807) is 6.20 Å². The van der Waals surface area contributed by atoms with Crippen molar-refractivity contribution in [3.05, 3.63) is 91.1 Å². The Morgan fingerprint density at radius 3 is 2.00 bits per heavy atom. The third-order valence-corrected chi connectivity index (χ3v) is 5.11. The Balaban J connectivity index is 0.00000181. The van der Waals surface area contributed by atoms with Crippen molar-refractivity contribution < 1.29 is 32.7 Å². The first-order valence-corrected chi connectivity index (χ1v) is 9.13. The zero-order valence-corrected chi connectivity index (χ0v) is 18.3. The molecule has 0 bridgehead atoms. The van der Waals surface area contributed by atoms with Crippen LogP contribution in [0.5, 0.6) is 0 Å². The molecule has 3 nitrogen and oxygen atoms in total. The van der Waals surface area contributed by atoms with E-state index in [4.69, 9.17) is 9.97 Å². The quantitative estimate of drug-likeness (QED) is 0.240. The summed E-state index contributed by atoms with van der Waals surface area (Å²) in [5.41, 5.74) is 4.08. The van der Waals surface area contributed by atoms with Crippen molar-refractivity contribution in [1.82, 2.24) is 15.0 Å². The van der Waals surface area contributed by atoms with E-state index in [0.717, 1.165) is 38.1 Å². The van der Waals surface area contributed by atoms with E-state index in [-0.39, 0.29) is 32.7 Å². The molecule has 3 heterocycles. The molecule has 0 amide bonds. The van der Waals surface area contributed by atoms with Crippen molar-refractivity contribution in [1.29, 1.82) is 0 Å². The summed E-state index contributed by atoms with van der Waals surface area (Å²) in [4.78, 5) is 14.3. The van der Waals surface area contributed by atoms with Crippen LogP contribution in [0.4, 0.5) is 0 Å². The van der Waals surface area contributed by atoms with Gasteiger partial charge in [0.1, 0.15) is 0 Å². The Morgan fingerprint density at radius 1 is 0.552 bits per heavy atom. The minimum Gasteiger partial charge on any atom is -0.348 e. The Hall–Kier alpha value is -2.75. The van der Waals surface area contributed by atoms with Crippen LogP contribution in [-0.4, -0.2) is 15.0 Å². The molecule has 0 aliphatic rings. The van der Waals surface area contributed by atoms with Crippen LogP contribution < -0.4 is 0 Å². The van der Waals surface area contributed by atoms with E-state index < -0.39 is 0 Å². The first kappa shape index (κ1) is 18.3. The molecule has 6 aromatic rings. The predicted octanol–water partition coefficient (Wildman–Crippen LogP) is 5.75. The van der Waals surface area contributed by atoms with E-state index >= 15 is 0 Å². The fraction of sp³-hybridized carbons (Fsp3) is 0. The Kier molecular flexibility index (Phi) is 4.58. The van der Waals surface area contributed by atoms with Crippen molar-refractivity contribution in [3.63, 3.8) is 0 Å². The van der Waals surface area contributed by atoms with Gasteiger partial charge >= 0.3 is 0 Å². The molecule has 0 aliphatic carbocycles. The van der Waals surface area contributed by atoms with Crippen molar-refractivity contribution in [2.45, 2.75) is 0 Å². The molecule has 6 rings (SSSR count). The van der Waals surface area contributed by atoms with Crippen LogP contribution in [0, 0.1) is 12.1 Å². The van der Waals surface area contributed by atoms with E-state index in [1.165, 1.54) is 5.39 Å². The monoisotopic (exact) mass is 444 g/mol. The van der Waals surface area contributed by atoms with E-state index in [1.807, 2.05) is 36.4 Å². The van der Waals surface area contributed by atoms with Gasteiger partial charge in [0.05, 0.1) is 5.52 Å². The second-order valence-electron chi connectivity index (χ2n) is 6.80. The largest absolute Gasteiger partial charge is 0.348 e. The van der Waals surface area contributed by atoms with Crippen LogP contribution in [0.1, 0.15) is 0 Å². The molecule has 4 heteroatoms. The van der Waals surface area contributed by atoms with Gasteiger partial charge in [-0.2, -0.15) is 12.1 Å². The summed E-state index contributed by atoms with van der Waals surface area (Å²) in [6.45, 7) is 0. The maximum Gasteiger partial charge on any atom is 0.0826 e. The second kappa shape index (κ2) is 7.25. The summed E-state index contributed by atoms with van der Waals surface area (Å²) < 4.78 is 0. The molecule has 3 aromatic heterocycles. The standard InChI is InChI=1S/C25H13N3.Y/c1-2-6-20-16(4-1)7-8-18-11-13-21(27-23(18)20)22-14-12-19-10-9-17-5-3-15-26-24(17)25(19)28-22;/h1-12,15H;/q-2;. The van der Waals surface area contributed by atoms with Gasteiger partial charge in [-0.05, 0) is 16.8 Å². The molecule has 0 N–H and O–H groups in total. The van der Waals surface area contributed by atoms with Crippen LogP contribution in [0.3, 0.4) is 0 Å². The third-order valence-electron chi connectivity index (χ3n) is 5.11. The first-order chi connectivity index (χ1) is 13.9. The zero-order valence-electron chi connectivity index (χ0n) is 15.4. The van der Waals surface area contributed by atoms with Crippen LogP contribution in [0.15, 0.2) is 79.0 Å². The molecule has 0 saturated carbocycles. The van der Waals surface area contributed by atoms with E-state index in [2.05, 4.69) is 53.5 Å². The van der Waals surface area contributed by atoms with Gasteiger partial charge in [-0.1, -0.05) is 53.2 Å². The van der Waals surface area contributed by atoms with Gasteiger partial charge in [0, 0.05) is 55.3 Å². The number of hydrogen-bond donors (Lipinski definition) is 0. The summed E-state index contributed by atoms with van der Waals surface area (Å²) in [5.74, 6) is 0. The molecule has 0 saturated heterocycles. The van der Waals surface area contributed by atoms with Gasteiger partial charge in [0.25, 0.3) is 0 Å². The summed E-state index contributed by atoms with van der Waals surface area (Å²) >= 11 is 0. The van der Waals surface area contributed by atoms with Crippen LogP contribution in [0.25, 0.3) is 54.9 Å². The van der Waals surface area contributed by atoms with Gasteiger partial charge < -0.3 is 9.97 Å². The summed E-state index contributed by atoms with van der Waals surface area (Å²) in [6, 6.07) is 31.1. The Morgan fingerprint density at radius 2 is 1.17 bits per heavy atom. The molecule has 0 aliphatic heterocycles. The SMILES string of the molecule is [Y].[c-]1cc2ccc3ccccc3c2nc1-c1[c-]cc2ccc3cccnc3c2n1. The molecule has 29 heavy (non-hydrogen) atoms. The summed E-state index contributed by atoms with van der Waals surface area (Å²) in [7, 11) is 0. The molecule has 0 spiro atoms. The van der Waals surface area contributed by atoms with Gasteiger partial charge in [0.2, 0.25) is 0 Å². The number of fused-ring (bicyclic) bond motifs is 6. The third kappa shape index (κ3) is 3.02. The number of aromatic nitrogens is 3. The molecule has 0 atom stereocenters. The first-order valence-electron chi connectivity index (χ1n) is 9.13. The van der Waals surface area contributed by atoms with Crippen molar-refractivity contribution in [2.75, 3.05) is 0 Å². The molecule has 133 valence electrons. The smallest absolute Gasteiger partial charge is 0.0826 e. The maximum atomic E-state index is 4.89. The van der Waals surface area contributed by atoms with Crippen molar-refractivity contribution >= 4 is 43.5 Å². The van der Waals surface area contributed by atoms with Crippen LogP contribution in [-0.2, 0) is 32.7 Å². The Bertz CT molecular complexity index is 1410. The topological polar surface area (TPSA) is 38.7 Å². The molecular formula is C25H13N3Y-2. The molecule has 0 unspecified atom stereocenters. The van der Waals surface area contributed by atoms with Crippen molar-refractivity contribution in [2.24, 2.45) is 0 Å². The number of benzene rings is 3. The minimum atomic E-state index is 0. The Labute approximate surface area is 192 Å². The number of pyridine rings is 3. The fourth-order valence-corrected chi connectivity index (χ4v) is 3.72. The number of nitrogens with zero attached hydrogens (tertiary/aromatic N) is 3. The van der Waals surface area contributed by atoms with Gasteiger partial charge in [0.15, 0.2) is 0 Å². The molecule has 1 radical (unpaired) electrons. The molecule has 0 fully saturated rings. The number of rotatable bonds is 1. The molecule has 3 aromatic carbocycles. The normalized spacial score (nSPS) is 11.2. The van der Waals surface area contributed by atoms with E-state index in [9.17, 15) is 0 Å². The second-order valence-corrected chi connectivity index (χ2v) is 6.80. The molecular weight excluding hydrogens is 431 g/mol. The van der Waals surface area contributed by atoms with Gasteiger partial charge in [-0.15, -0.1) is 23.5 Å². The van der Waals surface area contributed by atoms with Crippen molar-refractivity contribution in [3.8, 4) is 11.4 Å². The minimum absolute atomic E-state index is 0. The summed E-state index contributed by atoms with van der Waals surface area (Å²) in [6.07, 6.45) is 1.80. The summed E-state index contributed by atoms with van der Waals surface area (Å²) in [5, 5.41) is 5.45. The average Bonchev–Trinajstić information content (AvgIpc) is 2.78. The maximum absolute atomic E-state index is 4.89. The van der Waals surface area contributed by atoms with Gasteiger partial charge in [-0.25, -0.2) is 12.1 Å². The van der Waals surface area contributed by atoms with Gasteiger partial charge in [-0.3, -0.25) is 4.98 Å².